The Labute approximate surface area is 74.3 Å². The largest absolute Gasteiger partial charge is 0.396 e. The van der Waals surface area contributed by atoms with Gasteiger partial charge in [-0.3, -0.25) is 4.79 Å². The van der Waals surface area contributed by atoms with Crippen LogP contribution in [0, 0.1) is 11.8 Å². The lowest BCUT2D eigenvalue weighted by atomic mass is 9.92. The first-order valence-electron chi connectivity index (χ1n) is 4.28. The lowest BCUT2D eigenvalue weighted by Gasteiger charge is -2.13. The minimum atomic E-state index is -0.0556. The Morgan fingerprint density at radius 3 is 2.25 bits per heavy atom. The molecule has 0 rings (SSSR count). The Bertz CT molecular complexity index is 171. The topological polar surface area (TPSA) is 37.3 Å². The molecule has 0 radical (unpaired) electrons. The van der Waals surface area contributed by atoms with Gasteiger partial charge in [-0.1, -0.05) is 26.0 Å². The number of rotatable bonds is 5. The zero-order valence-corrected chi connectivity index (χ0v) is 8.13. The number of ketones is 1. The summed E-state index contributed by atoms with van der Waals surface area (Å²) in [4.78, 5) is 11.3. The number of carbonyl (C=O) groups is 1. The molecule has 12 heavy (non-hydrogen) atoms. The van der Waals surface area contributed by atoms with E-state index in [1.54, 1.807) is 0 Å². The van der Waals surface area contributed by atoms with Crippen LogP contribution in [0.5, 0.6) is 0 Å². The number of Topliss-reactive ketones (excluding diaryl/α,β-unsaturated/α-hetero) is 1. The van der Waals surface area contributed by atoms with Gasteiger partial charge in [-0.15, -0.1) is 0 Å². The van der Waals surface area contributed by atoms with Crippen LogP contribution in [0.3, 0.4) is 0 Å². The van der Waals surface area contributed by atoms with Gasteiger partial charge in [0.2, 0.25) is 0 Å². The van der Waals surface area contributed by atoms with Crippen molar-refractivity contribution in [1.82, 2.24) is 0 Å². The Kier molecular flexibility index (Phi) is 4.83. The van der Waals surface area contributed by atoms with Gasteiger partial charge >= 0.3 is 0 Å². The molecule has 0 amide bonds. The molecule has 0 aromatic heterocycles. The van der Waals surface area contributed by atoms with Crippen molar-refractivity contribution in [2.45, 2.75) is 27.2 Å². The van der Waals surface area contributed by atoms with E-state index in [4.69, 9.17) is 5.11 Å². The van der Waals surface area contributed by atoms with Crippen molar-refractivity contribution in [3.63, 3.8) is 0 Å². The van der Waals surface area contributed by atoms with Crippen LogP contribution in [-0.2, 0) is 4.79 Å². The van der Waals surface area contributed by atoms with E-state index in [0.717, 1.165) is 5.57 Å². The molecule has 0 saturated heterocycles. The van der Waals surface area contributed by atoms with Crippen LogP contribution in [0.15, 0.2) is 12.2 Å². The Hall–Kier alpha value is -0.630. The first-order chi connectivity index (χ1) is 5.49. The molecule has 0 fully saturated rings. The second-order valence-corrected chi connectivity index (χ2v) is 3.55. The summed E-state index contributed by atoms with van der Waals surface area (Å²) in [5, 5.41) is 8.91. The highest BCUT2D eigenvalue weighted by Gasteiger charge is 2.15. The lowest BCUT2D eigenvalue weighted by Crippen LogP contribution is -2.16. The number of carbonyl (C=O) groups excluding carboxylic acids is 1. The molecule has 0 heterocycles. The van der Waals surface area contributed by atoms with E-state index < -0.39 is 0 Å². The maximum absolute atomic E-state index is 11.3. The van der Waals surface area contributed by atoms with Gasteiger partial charge < -0.3 is 5.11 Å². The van der Waals surface area contributed by atoms with Crippen LogP contribution in [0.4, 0.5) is 0 Å². The van der Waals surface area contributed by atoms with Crippen molar-refractivity contribution in [2.75, 3.05) is 6.61 Å². The summed E-state index contributed by atoms with van der Waals surface area (Å²) in [5.74, 6) is 0.190. The van der Waals surface area contributed by atoms with Gasteiger partial charge in [0.25, 0.3) is 0 Å². The molecule has 0 saturated carbocycles. The summed E-state index contributed by atoms with van der Waals surface area (Å²) in [5.41, 5.74) is 0.881. The number of hydrogen-bond donors (Lipinski definition) is 1. The summed E-state index contributed by atoms with van der Waals surface area (Å²) in [6.07, 6.45) is 0.420. The van der Waals surface area contributed by atoms with Crippen molar-refractivity contribution in [1.29, 1.82) is 0 Å². The third kappa shape index (κ3) is 3.67. The van der Waals surface area contributed by atoms with Crippen LogP contribution in [0.2, 0.25) is 0 Å². The van der Waals surface area contributed by atoms with Crippen molar-refractivity contribution < 1.29 is 9.90 Å². The summed E-state index contributed by atoms with van der Waals surface area (Å²) in [7, 11) is 0. The molecule has 0 spiro atoms. The average Bonchev–Trinajstić information content (AvgIpc) is 1.98. The van der Waals surface area contributed by atoms with Gasteiger partial charge in [0.05, 0.1) is 6.61 Å². The van der Waals surface area contributed by atoms with E-state index in [1.165, 1.54) is 0 Å². The third-order valence-electron chi connectivity index (χ3n) is 2.01. The fourth-order valence-corrected chi connectivity index (χ4v) is 0.873. The molecular formula is C10H18O2. The van der Waals surface area contributed by atoms with Crippen LogP contribution in [0.25, 0.3) is 0 Å². The summed E-state index contributed by atoms with van der Waals surface area (Å²) >= 11 is 0. The van der Waals surface area contributed by atoms with E-state index in [-0.39, 0.29) is 24.2 Å². The standard InChI is InChI=1S/C10H18O2/c1-7(2)9(6-11)5-10(12)8(3)4/h8-9,11H,1,5-6H2,2-4H3. The van der Waals surface area contributed by atoms with Gasteiger partial charge in [0.1, 0.15) is 5.78 Å². The zero-order valence-electron chi connectivity index (χ0n) is 8.13. The minimum absolute atomic E-state index is 0.0216. The normalized spacial score (nSPS) is 13.1. The zero-order chi connectivity index (χ0) is 9.72. The summed E-state index contributed by atoms with van der Waals surface area (Å²) in [6.45, 7) is 9.33. The Balaban J connectivity index is 4.03. The maximum Gasteiger partial charge on any atom is 0.136 e. The van der Waals surface area contributed by atoms with Crippen molar-refractivity contribution in [3.8, 4) is 0 Å². The van der Waals surface area contributed by atoms with E-state index >= 15 is 0 Å². The molecule has 0 aliphatic heterocycles. The van der Waals surface area contributed by atoms with Gasteiger partial charge in [-0.25, -0.2) is 0 Å². The van der Waals surface area contributed by atoms with Crippen LogP contribution >= 0.6 is 0 Å². The van der Waals surface area contributed by atoms with Gasteiger partial charge in [-0.2, -0.15) is 0 Å². The highest BCUT2D eigenvalue weighted by molar-refractivity contribution is 5.80. The quantitative estimate of drug-likeness (QED) is 0.639. The van der Waals surface area contributed by atoms with Crippen LogP contribution < -0.4 is 0 Å². The predicted octanol–water partition coefficient (Wildman–Crippen LogP) is 1.79. The minimum Gasteiger partial charge on any atom is -0.396 e. The highest BCUT2D eigenvalue weighted by Crippen LogP contribution is 2.15. The Morgan fingerprint density at radius 1 is 1.50 bits per heavy atom. The number of aliphatic hydroxyl groups excluding tert-OH is 1. The maximum atomic E-state index is 11.3. The monoisotopic (exact) mass is 170 g/mol. The summed E-state index contributed by atoms with van der Waals surface area (Å²) < 4.78 is 0. The molecule has 0 aromatic carbocycles. The van der Waals surface area contributed by atoms with Crippen molar-refractivity contribution in [3.05, 3.63) is 12.2 Å². The Morgan fingerprint density at radius 2 is 2.00 bits per heavy atom. The molecule has 0 aromatic rings. The van der Waals surface area contributed by atoms with Crippen molar-refractivity contribution >= 4 is 5.78 Å². The average molecular weight is 170 g/mol. The van der Waals surface area contributed by atoms with Crippen LogP contribution in [-0.4, -0.2) is 17.5 Å². The molecule has 1 atom stereocenters. The fraction of sp³-hybridized carbons (Fsp3) is 0.700. The predicted molar refractivity (Wildman–Crippen MR) is 49.9 cm³/mol. The molecule has 70 valence electrons. The van der Waals surface area contributed by atoms with Crippen molar-refractivity contribution in [2.24, 2.45) is 11.8 Å². The first-order valence-corrected chi connectivity index (χ1v) is 4.28. The lowest BCUT2D eigenvalue weighted by molar-refractivity contribution is -0.122. The van der Waals surface area contributed by atoms with Crippen LogP contribution in [0.1, 0.15) is 27.2 Å². The smallest absolute Gasteiger partial charge is 0.136 e. The third-order valence-corrected chi connectivity index (χ3v) is 2.01. The summed E-state index contributed by atoms with van der Waals surface area (Å²) in [6, 6.07) is 0. The van der Waals surface area contributed by atoms with Gasteiger partial charge in [0, 0.05) is 18.3 Å². The molecular weight excluding hydrogens is 152 g/mol. The first kappa shape index (κ1) is 11.4. The molecule has 1 unspecified atom stereocenters. The second kappa shape index (κ2) is 5.09. The van der Waals surface area contributed by atoms with E-state index in [9.17, 15) is 4.79 Å². The van der Waals surface area contributed by atoms with E-state index in [0.29, 0.717) is 6.42 Å². The van der Waals surface area contributed by atoms with E-state index in [1.807, 2.05) is 20.8 Å². The van der Waals surface area contributed by atoms with Gasteiger partial charge in [0.15, 0.2) is 0 Å². The second-order valence-electron chi connectivity index (χ2n) is 3.55. The highest BCUT2D eigenvalue weighted by atomic mass is 16.3. The molecule has 1 N–H and O–H groups in total. The molecule has 0 bridgehead atoms. The number of hydrogen-bond acceptors (Lipinski definition) is 2. The molecule has 0 aliphatic rings. The fourth-order valence-electron chi connectivity index (χ4n) is 0.873. The molecule has 0 aliphatic carbocycles. The van der Waals surface area contributed by atoms with E-state index in [2.05, 4.69) is 6.58 Å². The van der Waals surface area contributed by atoms with Gasteiger partial charge in [-0.05, 0) is 6.92 Å². The SMILES string of the molecule is C=C(C)C(CO)CC(=O)C(C)C. The molecule has 2 heteroatoms. The molecule has 2 nitrogen and oxygen atoms in total. The number of aliphatic hydroxyl groups is 1.